The SMILES string of the molecule is CCc1ccc(OC(C(=O)c2ccc(Cl)cc2Cl)n2cncn2)cc1. The van der Waals surface area contributed by atoms with E-state index in [9.17, 15) is 4.79 Å². The highest BCUT2D eigenvalue weighted by Gasteiger charge is 2.26. The first-order chi connectivity index (χ1) is 12.1. The summed E-state index contributed by atoms with van der Waals surface area (Å²) in [6.07, 6.45) is 2.67. The summed E-state index contributed by atoms with van der Waals surface area (Å²) >= 11 is 12.1. The average molecular weight is 376 g/mol. The van der Waals surface area contributed by atoms with Crippen LogP contribution in [0.3, 0.4) is 0 Å². The van der Waals surface area contributed by atoms with Gasteiger partial charge in [-0.05, 0) is 42.3 Å². The maximum absolute atomic E-state index is 13.0. The predicted octanol–water partition coefficient (Wildman–Crippen LogP) is 4.61. The molecule has 3 rings (SSSR count). The smallest absolute Gasteiger partial charge is 0.256 e. The Morgan fingerprint density at radius 2 is 1.96 bits per heavy atom. The van der Waals surface area contributed by atoms with E-state index in [1.807, 2.05) is 24.3 Å². The number of carbonyl (C=O) groups excluding carboxylic acids is 1. The molecule has 0 aliphatic rings. The molecule has 0 aliphatic heterocycles. The molecule has 0 spiro atoms. The molecule has 3 aromatic rings. The molecule has 1 atom stereocenters. The van der Waals surface area contributed by atoms with Gasteiger partial charge in [-0.1, -0.05) is 42.3 Å². The second-order valence-corrected chi connectivity index (χ2v) is 6.18. The number of rotatable bonds is 6. The molecule has 0 aliphatic carbocycles. The normalized spacial score (nSPS) is 12.0. The summed E-state index contributed by atoms with van der Waals surface area (Å²) in [7, 11) is 0. The highest BCUT2D eigenvalue weighted by atomic mass is 35.5. The van der Waals surface area contributed by atoms with Crippen LogP contribution in [0.1, 0.15) is 29.1 Å². The number of aromatic nitrogens is 3. The van der Waals surface area contributed by atoms with Gasteiger partial charge in [-0.25, -0.2) is 9.67 Å². The number of Topliss-reactive ketones (excluding diaryl/α,β-unsaturated/α-hetero) is 1. The molecule has 5 nitrogen and oxygen atoms in total. The van der Waals surface area contributed by atoms with Gasteiger partial charge in [0, 0.05) is 10.6 Å². The van der Waals surface area contributed by atoms with E-state index in [0.717, 1.165) is 6.42 Å². The van der Waals surface area contributed by atoms with Crippen molar-refractivity contribution < 1.29 is 9.53 Å². The highest BCUT2D eigenvalue weighted by molar-refractivity contribution is 6.36. The van der Waals surface area contributed by atoms with Crippen molar-refractivity contribution in [2.45, 2.75) is 19.6 Å². The van der Waals surface area contributed by atoms with Gasteiger partial charge in [0.05, 0.1) is 5.02 Å². The summed E-state index contributed by atoms with van der Waals surface area (Å²) in [4.78, 5) is 16.9. The molecule has 1 unspecified atom stereocenters. The zero-order chi connectivity index (χ0) is 17.8. The van der Waals surface area contributed by atoms with Crippen molar-refractivity contribution in [1.29, 1.82) is 0 Å². The number of hydrogen-bond acceptors (Lipinski definition) is 4. The van der Waals surface area contributed by atoms with Gasteiger partial charge >= 0.3 is 0 Å². The van der Waals surface area contributed by atoms with Crippen LogP contribution < -0.4 is 4.74 Å². The third-order valence-electron chi connectivity index (χ3n) is 3.68. The monoisotopic (exact) mass is 375 g/mol. The molecule has 0 saturated heterocycles. The van der Waals surface area contributed by atoms with Gasteiger partial charge < -0.3 is 4.74 Å². The quantitative estimate of drug-likeness (QED) is 0.590. The lowest BCUT2D eigenvalue weighted by Gasteiger charge is -2.18. The number of hydrogen-bond donors (Lipinski definition) is 0. The first kappa shape index (κ1) is 17.5. The fourth-order valence-corrected chi connectivity index (χ4v) is 2.82. The lowest BCUT2D eigenvalue weighted by molar-refractivity contribution is 0.0619. The largest absolute Gasteiger partial charge is 0.461 e. The molecule has 25 heavy (non-hydrogen) atoms. The molecule has 7 heteroatoms. The molecule has 2 aromatic carbocycles. The summed E-state index contributed by atoms with van der Waals surface area (Å²) in [5.41, 5.74) is 1.48. The van der Waals surface area contributed by atoms with Gasteiger partial charge in [-0.3, -0.25) is 4.79 Å². The van der Waals surface area contributed by atoms with Crippen LogP contribution >= 0.6 is 23.2 Å². The maximum Gasteiger partial charge on any atom is 0.256 e. The van der Waals surface area contributed by atoms with E-state index in [4.69, 9.17) is 27.9 Å². The van der Waals surface area contributed by atoms with Crippen LogP contribution in [0.25, 0.3) is 0 Å². The lowest BCUT2D eigenvalue weighted by Crippen LogP contribution is -2.26. The van der Waals surface area contributed by atoms with Crippen LogP contribution in [0.5, 0.6) is 5.75 Å². The topological polar surface area (TPSA) is 57.0 Å². The number of halogens is 2. The zero-order valence-corrected chi connectivity index (χ0v) is 14.9. The Balaban J connectivity index is 1.93. The van der Waals surface area contributed by atoms with Crippen LogP contribution in [-0.4, -0.2) is 20.5 Å². The first-order valence-corrected chi connectivity index (χ1v) is 8.43. The second kappa shape index (κ2) is 7.68. The summed E-state index contributed by atoms with van der Waals surface area (Å²) < 4.78 is 7.23. The number of benzene rings is 2. The van der Waals surface area contributed by atoms with Crippen molar-refractivity contribution in [2.75, 3.05) is 0 Å². The molecule has 0 radical (unpaired) electrons. The number of aryl methyl sites for hydroxylation is 1. The third kappa shape index (κ3) is 4.00. The van der Waals surface area contributed by atoms with E-state index in [1.165, 1.54) is 29.0 Å². The zero-order valence-electron chi connectivity index (χ0n) is 13.4. The second-order valence-electron chi connectivity index (χ2n) is 5.33. The molecule has 1 aromatic heterocycles. The number of carbonyl (C=O) groups is 1. The standard InChI is InChI=1S/C18H15Cl2N3O2/c1-2-12-3-6-14(7-4-12)25-18(23-11-21-10-22-23)17(24)15-8-5-13(19)9-16(15)20/h3-11,18H,2H2,1H3. The van der Waals surface area contributed by atoms with Gasteiger partial charge in [0.1, 0.15) is 18.4 Å². The molecule has 0 saturated carbocycles. The molecule has 0 amide bonds. The van der Waals surface area contributed by atoms with E-state index in [2.05, 4.69) is 17.0 Å². The molecular formula is C18H15Cl2N3O2. The Hall–Kier alpha value is -2.37. The molecule has 1 heterocycles. The van der Waals surface area contributed by atoms with Crippen molar-refractivity contribution in [1.82, 2.24) is 14.8 Å². The Labute approximate surface area is 155 Å². The van der Waals surface area contributed by atoms with Gasteiger partial charge in [-0.15, -0.1) is 0 Å². The van der Waals surface area contributed by atoms with E-state index in [-0.39, 0.29) is 10.8 Å². The third-order valence-corrected chi connectivity index (χ3v) is 4.22. The fourth-order valence-electron chi connectivity index (χ4n) is 2.32. The van der Waals surface area contributed by atoms with Crippen LogP contribution in [0.4, 0.5) is 0 Å². The summed E-state index contributed by atoms with van der Waals surface area (Å²) in [6.45, 7) is 2.07. The molecular weight excluding hydrogens is 361 g/mol. The van der Waals surface area contributed by atoms with Gasteiger partial charge in [0.25, 0.3) is 6.23 Å². The molecule has 0 N–H and O–H groups in total. The van der Waals surface area contributed by atoms with Crippen LogP contribution in [0.2, 0.25) is 10.0 Å². The van der Waals surface area contributed by atoms with Gasteiger partial charge in [0.2, 0.25) is 5.78 Å². The van der Waals surface area contributed by atoms with Crippen LogP contribution in [0, 0.1) is 0 Å². The maximum atomic E-state index is 13.0. The van der Waals surface area contributed by atoms with Crippen molar-refractivity contribution in [3.8, 4) is 5.75 Å². The molecule has 128 valence electrons. The summed E-state index contributed by atoms with van der Waals surface area (Å²) in [6, 6.07) is 12.2. The Bertz CT molecular complexity index is 865. The Kier molecular flexibility index (Phi) is 5.36. The van der Waals surface area contributed by atoms with E-state index >= 15 is 0 Å². The van der Waals surface area contributed by atoms with Crippen LogP contribution in [0.15, 0.2) is 55.1 Å². The van der Waals surface area contributed by atoms with Crippen molar-refractivity contribution >= 4 is 29.0 Å². The van der Waals surface area contributed by atoms with Gasteiger partial charge in [0.15, 0.2) is 0 Å². The summed E-state index contributed by atoms with van der Waals surface area (Å²) in [5, 5.41) is 4.74. The number of ketones is 1. The van der Waals surface area contributed by atoms with E-state index < -0.39 is 6.23 Å². The minimum absolute atomic E-state index is 0.257. The fraction of sp³-hybridized carbons (Fsp3) is 0.167. The van der Waals surface area contributed by atoms with E-state index in [1.54, 1.807) is 12.1 Å². The Morgan fingerprint density at radius 1 is 1.20 bits per heavy atom. The highest BCUT2D eigenvalue weighted by Crippen LogP contribution is 2.27. The lowest BCUT2D eigenvalue weighted by atomic mass is 10.1. The Morgan fingerprint density at radius 3 is 2.56 bits per heavy atom. The first-order valence-electron chi connectivity index (χ1n) is 7.67. The minimum Gasteiger partial charge on any atom is -0.461 e. The molecule has 0 fully saturated rings. The number of ether oxygens (including phenoxy) is 1. The molecule has 0 bridgehead atoms. The summed E-state index contributed by atoms with van der Waals surface area (Å²) in [5.74, 6) is 0.211. The average Bonchev–Trinajstić information content (AvgIpc) is 3.14. The van der Waals surface area contributed by atoms with Gasteiger partial charge in [-0.2, -0.15) is 5.10 Å². The van der Waals surface area contributed by atoms with Crippen LogP contribution in [-0.2, 0) is 6.42 Å². The minimum atomic E-state index is -1.02. The van der Waals surface area contributed by atoms with Crippen molar-refractivity contribution in [3.63, 3.8) is 0 Å². The van der Waals surface area contributed by atoms with Crippen molar-refractivity contribution in [2.24, 2.45) is 0 Å². The number of nitrogens with zero attached hydrogens (tertiary/aromatic N) is 3. The van der Waals surface area contributed by atoms with Crippen molar-refractivity contribution in [3.05, 3.63) is 76.3 Å². The van der Waals surface area contributed by atoms with E-state index in [0.29, 0.717) is 16.3 Å². The predicted molar refractivity (Wildman–Crippen MR) is 96.3 cm³/mol.